The van der Waals surface area contributed by atoms with E-state index in [0.29, 0.717) is 0 Å². The van der Waals surface area contributed by atoms with Gasteiger partial charge in [-0.3, -0.25) is 0 Å². The Morgan fingerprint density at radius 3 is 3.18 bits per heavy atom. The van der Waals surface area contributed by atoms with Crippen LogP contribution in [0.5, 0.6) is 0 Å². The molecule has 5 heteroatoms. The van der Waals surface area contributed by atoms with Crippen molar-refractivity contribution in [1.82, 2.24) is 9.88 Å². The molecule has 1 aromatic rings. The Bertz CT molecular complexity index is 335. The number of thioether (sulfide) groups is 1. The van der Waals surface area contributed by atoms with Gasteiger partial charge in [0, 0.05) is 30.0 Å². The van der Waals surface area contributed by atoms with E-state index in [1.165, 1.54) is 22.9 Å². The molecule has 1 saturated heterocycles. The van der Waals surface area contributed by atoms with E-state index in [0.717, 1.165) is 25.3 Å². The molecule has 0 unspecified atom stereocenters. The quantitative estimate of drug-likeness (QED) is 0.744. The van der Waals surface area contributed by atoms with Crippen LogP contribution in [-0.2, 0) is 10.5 Å². The highest BCUT2D eigenvalue weighted by Gasteiger charge is 2.20. The first kappa shape index (κ1) is 13.3. The average molecular weight is 272 g/mol. The van der Waals surface area contributed by atoms with Gasteiger partial charge in [-0.25, -0.2) is 4.98 Å². The number of hydrogen-bond acceptors (Lipinski definition) is 5. The van der Waals surface area contributed by atoms with E-state index in [9.17, 15) is 0 Å². The molecule has 0 aliphatic carbocycles. The lowest BCUT2D eigenvalue weighted by Gasteiger charge is -2.07. The van der Waals surface area contributed by atoms with Crippen molar-refractivity contribution in [2.75, 3.05) is 33.0 Å². The molecule has 0 saturated carbocycles. The van der Waals surface area contributed by atoms with Crippen LogP contribution in [0.25, 0.3) is 0 Å². The number of thiazole rings is 1. The molecule has 0 bridgehead atoms. The van der Waals surface area contributed by atoms with Gasteiger partial charge < -0.3 is 9.64 Å². The Balaban J connectivity index is 1.74. The summed E-state index contributed by atoms with van der Waals surface area (Å²) in [6.07, 6.45) is 2.60. The van der Waals surface area contributed by atoms with E-state index in [1.54, 1.807) is 11.3 Å². The van der Waals surface area contributed by atoms with Crippen LogP contribution in [0.2, 0.25) is 0 Å². The summed E-state index contributed by atoms with van der Waals surface area (Å²) < 4.78 is 5.64. The van der Waals surface area contributed by atoms with Gasteiger partial charge in [0.25, 0.3) is 0 Å². The van der Waals surface area contributed by atoms with E-state index in [1.807, 2.05) is 11.8 Å². The second-order valence-electron chi connectivity index (χ2n) is 4.53. The van der Waals surface area contributed by atoms with Gasteiger partial charge in [-0.2, -0.15) is 11.8 Å². The molecule has 0 aromatic carbocycles. The Labute approximate surface area is 112 Å². The second kappa shape index (κ2) is 6.73. The average Bonchev–Trinajstić information content (AvgIpc) is 2.94. The summed E-state index contributed by atoms with van der Waals surface area (Å²) in [7, 11) is 4.22. The first-order chi connectivity index (χ1) is 8.25. The smallest absolute Gasteiger partial charge is 0.122 e. The van der Waals surface area contributed by atoms with Crippen molar-refractivity contribution in [2.24, 2.45) is 0 Å². The lowest BCUT2D eigenvalue weighted by Crippen LogP contribution is -2.14. The van der Waals surface area contributed by atoms with Gasteiger partial charge in [0.1, 0.15) is 11.1 Å². The van der Waals surface area contributed by atoms with Gasteiger partial charge in [-0.15, -0.1) is 11.3 Å². The minimum atomic E-state index is 0.278. The van der Waals surface area contributed by atoms with Crippen LogP contribution < -0.4 is 0 Å². The molecule has 1 fully saturated rings. The highest BCUT2D eigenvalue weighted by molar-refractivity contribution is 7.98. The fraction of sp³-hybridized carbons (Fsp3) is 0.750. The molecular weight excluding hydrogens is 252 g/mol. The van der Waals surface area contributed by atoms with E-state index < -0.39 is 0 Å². The van der Waals surface area contributed by atoms with Crippen LogP contribution in [0, 0.1) is 0 Å². The van der Waals surface area contributed by atoms with Gasteiger partial charge in [0.2, 0.25) is 0 Å². The lowest BCUT2D eigenvalue weighted by molar-refractivity contribution is 0.111. The Morgan fingerprint density at radius 1 is 1.59 bits per heavy atom. The largest absolute Gasteiger partial charge is 0.371 e. The molecule has 96 valence electrons. The number of aromatic nitrogens is 1. The van der Waals surface area contributed by atoms with Crippen molar-refractivity contribution in [3.63, 3.8) is 0 Å². The Morgan fingerprint density at radius 2 is 2.47 bits per heavy atom. The van der Waals surface area contributed by atoms with Crippen molar-refractivity contribution in [2.45, 2.75) is 24.7 Å². The summed E-state index contributed by atoms with van der Waals surface area (Å²) in [6.45, 7) is 2.03. The van der Waals surface area contributed by atoms with Crippen LogP contribution in [0.1, 0.15) is 29.6 Å². The monoisotopic (exact) mass is 272 g/mol. The standard InChI is InChI=1S/C12H20N2OS2/c1-14(2)5-7-16-8-10-9-17-12(13-10)11-4-3-6-15-11/h9,11H,3-8H2,1-2H3/t11-/m1/s1. The van der Waals surface area contributed by atoms with Crippen molar-refractivity contribution in [3.05, 3.63) is 16.1 Å². The van der Waals surface area contributed by atoms with Crippen LogP contribution in [0.15, 0.2) is 5.38 Å². The zero-order valence-corrected chi connectivity index (χ0v) is 12.1. The van der Waals surface area contributed by atoms with Gasteiger partial charge in [-0.1, -0.05) is 0 Å². The number of rotatable bonds is 6. The van der Waals surface area contributed by atoms with Gasteiger partial charge in [0.05, 0.1) is 5.69 Å². The highest BCUT2D eigenvalue weighted by atomic mass is 32.2. The second-order valence-corrected chi connectivity index (χ2v) is 6.53. The topological polar surface area (TPSA) is 25.4 Å². The zero-order valence-electron chi connectivity index (χ0n) is 10.5. The normalized spacial score (nSPS) is 20.3. The van der Waals surface area contributed by atoms with Crippen LogP contribution >= 0.6 is 23.1 Å². The Kier molecular flexibility index (Phi) is 5.28. The summed E-state index contributed by atoms with van der Waals surface area (Å²) in [5.74, 6) is 2.19. The minimum absolute atomic E-state index is 0.278. The maximum atomic E-state index is 5.64. The van der Waals surface area contributed by atoms with E-state index in [4.69, 9.17) is 4.74 Å². The summed E-state index contributed by atoms with van der Waals surface area (Å²) in [4.78, 5) is 6.88. The van der Waals surface area contributed by atoms with Crippen LogP contribution in [0.4, 0.5) is 0 Å². The molecule has 0 radical (unpaired) electrons. The summed E-state index contributed by atoms with van der Waals surface area (Å²) >= 11 is 3.70. The van der Waals surface area contributed by atoms with Crippen molar-refractivity contribution in [3.8, 4) is 0 Å². The van der Waals surface area contributed by atoms with Crippen LogP contribution in [-0.4, -0.2) is 42.9 Å². The van der Waals surface area contributed by atoms with Gasteiger partial charge >= 0.3 is 0 Å². The molecule has 17 heavy (non-hydrogen) atoms. The minimum Gasteiger partial charge on any atom is -0.371 e. The van der Waals surface area contributed by atoms with E-state index >= 15 is 0 Å². The summed E-state index contributed by atoms with van der Waals surface area (Å²) in [5, 5.41) is 3.35. The highest BCUT2D eigenvalue weighted by Crippen LogP contribution is 2.31. The first-order valence-electron chi connectivity index (χ1n) is 6.04. The molecule has 1 aromatic heterocycles. The van der Waals surface area contributed by atoms with Crippen molar-refractivity contribution >= 4 is 23.1 Å². The van der Waals surface area contributed by atoms with Crippen molar-refractivity contribution < 1.29 is 4.74 Å². The fourth-order valence-corrected chi connectivity index (χ4v) is 3.73. The molecule has 1 aliphatic heterocycles. The molecule has 0 spiro atoms. The third-order valence-corrected chi connectivity index (χ3v) is 4.66. The maximum Gasteiger partial charge on any atom is 0.122 e. The lowest BCUT2D eigenvalue weighted by atomic mass is 10.2. The van der Waals surface area contributed by atoms with E-state index in [2.05, 4.69) is 29.4 Å². The van der Waals surface area contributed by atoms with Crippen molar-refractivity contribution in [1.29, 1.82) is 0 Å². The predicted molar refractivity (Wildman–Crippen MR) is 74.8 cm³/mol. The van der Waals surface area contributed by atoms with Gasteiger partial charge in [0.15, 0.2) is 0 Å². The molecule has 0 N–H and O–H groups in total. The number of ether oxygens (including phenoxy) is 1. The maximum absolute atomic E-state index is 5.64. The molecule has 1 aliphatic rings. The fourth-order valence-electron chi connectivity index (χ4n) is 1.73. The van der Waals surface area contributed by atoms with Gasteiger partial charge in [-0.05, 0) is 26.9 Å². The summed E-state index contributed by atoms with van der Waals surface area (Å²) in [6, 6.07) is 0. The molecule has 1 atom stereocenters. The summed E-state index contributed by atoms with van der Waals surface area (Å²) in [5.41, 5.74) is 1.21. The third kappa shape index (κ3) is 4.25. The molecule has 2 heterocycles. The molecular formula is C12H20N2OS2. The zero-order chi connectivity index (χ0) is 12.1. The molecule has 3 nitrogen and oxygen atoms in total. The van der Waals surface area contributed by atoms with E-state index in [-0.39, 0.29) is 6.10 Å². The SMILES string of the molecule is CN(C)CCSCc1csc([C@H]2CCCO2)n1. The van der Waals surface area contributed by atoms with Crippen LogP contribution in [0.3, 0.4) is 0 Å². The first-order valence-corrected chi connectivity index (χ1v) is 8.07. The number of nitrogens with zero attached hydrogens (tertiary/aromatic N) is 2. The molecule has 0 amide bonds. The molecule has 2 rings (SSSR count). The third-order valence-electron chi connectivity index (χ3n) is 2.71. The predicted octanol–water partition coefficient (Wildman–Crippen LogP) is 2.79. The Hall–Kier alpha value is -0.100. The number of hydrogen-bond donors (Lipinski definition) is 0.